The van der Waals surface area contributed by atoms with Crippen LogP contribution in [0.5, 0.6) is 0 Å². The molecular formula is C21H14ClN5. The van der Waals surface area contributed by atoms with Crippen LogP contribution in [-0.2, 0) is 0 Å². The first-order valence-electron chi connectivity index (χ1n) is 8.26. The summed E-state index contributed by atoms with van der Waals surface area (Å²) < 4.78 is 0. The Balaban J connectivity index is 2.05. The predicted molar refractivity (Wildman–Crippen MR) is 107 cm³/mol. The molecule has 0 aliphatic heterocycles. The molecule has 5 nitrogen and oxygen atoms in total. The van der Waals surface area contributed by atoms with Crippen LogP contribution in [0, 0.1) is 18.3 Å². The highest BCUT2D eigenvalue weighted by Gasteiger charge is 2.17. The molecule has 0 fully saturated rings. The van der Waals surface area contributed by atoms with Crippen LogP contribution in [0.4, 0.5) is 5.82 Å². The number of nitrogens with two attached hydrogens (primary N) is 1. The molecule has 0 saturated heterocycles. The van der Waals surface area contributed by atoms with Crippen molar-refractivity contribution in [2.45, 2.75) is 6.92 Å². The highest BCUT2D eigenvalue weighted by atomic mass is 35.5. The summed E-state index contributed by atoms with van der Waals surface area (Å²) in [5.74, 6) is 0.102. The highest BCUT2D eigenvalue weighted by Crippen LogP contribution is 2.35. The van der Waals surface area contributed by atoms with E-state index in [1.54, 1.807) is 12.3 Å². The molecule has 2 aromatic heterocycles. The first-order chi connectivity index (χ1) is 13.1. The summed E-state index contributed by atoms with van der Waals surface area (Å²) in [6, 6.07) is 17.3. The van der Waals surface area contributed by atoms with E-state index in [9.17, 15) is 5.26 Å². The molecule has 0 amide bonds. The van der Waals surface area contributed by atoms with E-state index >= 15 is 0 Å². The lowest BCUT2D eigenvalue weighted by Gasteiger charge is -2.12. The SMILES string of the molecule is Cc1ccnc2c(Cl)cc(-c3nc(C#N)c(N)nc3-c3ccccc3)cc12. The molecule has 2 heterocycles. The zero-order chi connectivity index (χ0) is 19.0. The molecule has 27 heavy (non-hydrogen) atoms. The lowest BCUT2D eigenvalue weighted by molar-refractivity contribution is 1.18. The van der Waals surface area contributed by atoms with Crippen molar-refractivity contribution in [2.24, 2.45) is 0 Å². The maximum absolute atomic E-state index is 9.35. The molecule has 0 atom stereocenters. The summed E-state index contributed by atoms with van der Waals surface area (Å²) in [5, 5.41) is 10.8. The second kappa shape index (κ2) is 6.67. The summed E-state index contributed by atoms with van der Waals surface area (Å²) in [4.78, 5) is 13.3. The van der Waals surface area contributed by atoms with E-state index < -0.39 is 0 Å². The van der Waals surface area contributed by atoms with Crippen molar-refractivity contribution in [3.8, 4) is 28.6 Å². The molecule has 0 spiro atoms. The Hall–Kier alpha value is -3.49. The van der Waals surface area contributed by atoms with Crippen LogP contribution < -0.4 is 5.73 Å². The number of nitriles is 1. The van der Waals surface area contributed by atoms with Gasteiger partial charge in [-0.1, -0.05) is 41.9 Å². The fourth-order valence-electron chi connectivity index (χ4n) is 3.01. The van der Waals surface area contributed by atoms with Gasteiger partial charge in [0.2, 0.25) is 0 Å². The number of aryl methyl sites for hydroxylation is 1. The zero-order valence-electron chi connectivity index (χ0n) is 14.4. The van der Waals surface area contributed by atoms with Crippen LogP contribution in [0.1, 0.15) is 11.3 Å². The number of hydrogen-bond donors (Lipinski definition) is 1. The van der Waals surface area contributed by atoms with E-state index in [0.717, 1.165) is 27.6 Å². The lowest BCUT2D eigenvalue weighted by Crippen LogP contribution is -2.03. The molecule has 0 unspecified atom stereocenters. The molecule has 4 rings (SSSR count). The number of aromatic nitrogens is 3. The van der Waals surface area contributed by atoms with Crippen LogP contribution in [0.25, 0.3) is 33.4 Å². The maximum Gasteiger partial charge on any atom is 0.183 e. The van der Waals surface area contributed by atoms with Crippen LogP contribution >= 0.6 is 11.6 Å². The Bertz CT molecular complexity index is 1210. The molecule has 0 bridgehead atoms. The van der Waals surface area contributed by atoms with Crippen molar-refractivity contribution < 1.29 is 0 Å². The first-order valence-corrected chi connectivity index (χ1v) is 8.64. The summed E-state index contributed by atoms with van der Waals surface area (Å²) in [5.41, 5.74) is 10.6. The van der Waals surface area contributed by atoms with E-state index in [0.29, 0.717) is 16.4 Å². The van der Waals surface area contributed by atoms with Crippen molar-refractivity contribution in [3.05, 3.63) is 71.0 Å². The third-order valence-corrected chi connectivity index (χ3v) is 4.65. The topological polar surface area (TPSA) is 88.5 Å². The summed E-state index contributed by atoms with van der Waals surface area (Å²) in [6.45, 7) is 2.00. The van der Waals surface area contributed by atoms with Gasteiger partial charge in [-0.2, -0.15) is 5.26 Å². The molecule has 2 aromatic carbocycles. The number of halogens is 1. The van der Waals surface area contributed by atoms with Crippen molar-refractivity contribution in [3.63, 3.8) is 0 Å². The number of nitrogens with zero attached hydrogens (tertiary/aromatic N) is 4. The minimum atomic E-state index is 0.0869. The molecule has 0 aliphatic carbocycles. The van der Waals surface area contributed by atoms with Gasteiger partial charge in [0.25, 0.3) is 0 Å². The van der Waals surface area contributed by atoms with Crippen molar-refractivity contribution in [2.75, 3.05) is 5.73 Å². The molecule has 6 heteroatoms. The molecule has 0 aliphatic rings. The van der Waals surface area contributed by atoms with Crippen molar-refractivity contribution in [1.82, 2.24) is 15.0 Å². The minimum Gasteiger partial charge on any atom is -0.381 e. The fraction of sp³-hybridized carbons (Fsp3) is 0.0476. The zero-order valence-corrected chi connectivity index (χ0v) is 15.2. The molecule has 2 N–H and O–H groups in total. The first kappa shape index (κ1) is 17.0. The molecule has 130 valence electrons. The number of hydrogen-bond acceptors (Lipinski definition) is 5. The Morgan fingerprint density at radius 2 is 1.74 bits per heavy atom. The number of benzene rings is 2. The Morgan fingerprint density at radius 3 is 2.48 bits per heavy atom. The number of anilines is 1. The van der Waals surface area contributed by atoms with Crippen LogP contribution in [0.3, 0.4) is 0 Å². The lowest BCUT2D eigenvalue weighted by atomic mass is 10.0. The van der Waals surface area contributed by atoms with E-state index in [4.69, 9.17) is 17.3 Å². The molecule has 0 saturated carbocycles. The average Bonchev–Trinajstić information content (AvgIpc) is 2.69. The number of nitrogen functional groups attached to an aromatic ring is 1. The highest BCUT2D eigenvalue weighted by molar-refractivity contribution is 6.35. The number of rotatable bonds is 2. The van der Waals surface area contributed by atoms with Gasteiger partial charge in [0.15, 0.2) is 11.5 Å². The second-order valence-corrected chi connectivity index (χ2v) is 6.52. The average molecular weight is 372 g/mol. The fourth-order valence-corrected chi connectivity index (χ4v) is 3.28. The van der Waals surface area contributed by atoms with Gasteiger partial charge in [-0.15, -0.1) is 0 Å². The number of pyridine rings is 1. The van der Waals surface area contributed by atoms with Gasteiger partial charge in [0.1, 0.15) is 6.07 Å². The smallest absolute Gasteiger partial charge is 0.183 e. The van der Waals surface area contributed by atoms with E-state index in [1.807, 2.05) is 55.5 Å². The van der Waals surface area contributed by atoms with Crippen LogP contribution in [0.15, 0.2) is 54.7 Å². The van der Waals surface area contributed by atoms with Gasteiger partial charge in [0.05, 0.1) is 21.9 Å². The van der Waals surface area contributed by atoms with E-state index in [1.165, 1.54) is 0 Å². The maximum atomic E-state index is 9.35. The standard InChI is InChI=1S/C21H14ClN5/c1-12-7-8-25-20-15(12)9-14(10-16(20)22)19-18(13-5-3-2-4-6-13)27-21(24)17(11-23)26-19/h2-10H,1H3,(H2,24,27). The largest absolute Gasteiger partial charge is 0.381 e. The minimum absolute atomic E-state index is 0.0869. The Kier molecular flexibility index (Phi) is 4.19. The third kappa shape index (κ3) is 2.97. The van der Waals surface area contributed by atoms with Gasteiger partial charge >= 0.3 is 0 Å². The van der Waals surface area contributed by atoms with Crippen LogP contribution in [-0.4, -0.2) is 15.0 Å². The van der Waals surface area contributed by atoms with Gasteiger partial charge in [-0.25, -0.2) is 9.97 Å². The van der Waals surface area contributed by atoms with Gasteiger partial charge in [-0.3, -0.25) is 4.98 Å². The van der Waals surface area contributed by atoms with E-state index in [-0.39, 0.29) is 11.5 Å². The van der Waals surface area contributed by atoms with Crippen LogP contribution in [0.2, 0.25) is 5.02 Å². The monoisotopic (exact) mass is 371 g/mol. The number of fused-ring (bicyclic) bond motifs is 1. The van der Waals surface area contributed by atoms with E-state index in [2.05, 4.69) is 15.0 Å². The summed E-state index contributed by atoms with van der Waals surface area (Å²) in [6.07, 6.45) is 1.73. The quantitative estimate of drug-likeness (QED) is 0.548. The summed E-state index contributed by atoms with van der Waals surface area (Å²) in [7, 11) is 0. The third-order valence-electron chi connectivity index (χ3n) is 4.37. The van der Waals surface area contributed by atoms with Gasteiger partial charge in [-0.05, 0) is 30.7 Å². The Labute approximate surface area is 161 Å². The second-order valence-electron chi connectivity index (χ2n) is 6.11. The molecular weight excluding hydrogens is 358 g/mol. The van der Waals surface area contributed by atoms with Gasteiger partial charge in [0, 0.05) is 22.7 Å². The molecule has 4 aromatic rings. The van der Waals surface area contributed by atoms with Crippen molar-refractivity contribution in [1.29, 1.82) is 5.26 Å². The predicted octanol–water partition coefficient (Wildman–Crippen LogP) is 4.77. The normalized spacial score (nSPS) is 10.7. The Morgan fingerprint density at radius 1 is 1.00 bits per heavy atom. The van der Waals surface area contributed by atoms with Gasteiger partial charge < -0.3 is 5.73 Å². The molecule has 0 radical (unpaired) electrons. The summed E-state index contributed by atoms with van der Waals surface area (Å²) >= 11 is 6.49. The van der Waals surface area contributed by atoms with Crippen molar-refractivity contribution >= 4 is 28.3 Å².